The summed E-state index contributed by atoms with van der Waals surface area (Å²) in [6.45, 7) is 0. The zero-order valence-electron chi connectivity index (χ0n) is 28.0. The zero-order chi connectivity index (χ0) is 34.6. The van der Waals surface area contributed by atoms with Crippen LogP contribution in [0.25, 0.3) is 122 Å². The van der Waals surface area contributed by atoms with Crippen LogP contribution in [0, 0.1) is 0 Å². The van der Waals surface area contributed by atoms with Gasteiger partial charge in [-0.3, -0.25) is 0 Å². The lowest BCUT2D eigenvalue weighted by Crippen LogP contribution is -2.01. The molecule has 0 aliphatic rings. The van der Waals surface area contributed by atoms with Gasteiger partial charge in [-0.25, -0.2) is 15.0 Å². The third-order valence-electron chi connectivity index (χ3n) is 10.5. The number of nitrogens with zero attached hydrogens (tertiary/aromatic N) is 3. The van der Waals surface area contributed by atoms with Gasteiger partial charge in [0.1, 0.15) is 33.5 Å². The summed E-state index contributed by atoms with van der Waals surface area (Å²) in [7, 11) is 0. The average molecular weight is 680 g/mol. The molecule has 4 aromatic heterocycles. The van der Waals surface area contributed by atoms with Crippen molar-refractivity contribution in [3.63, 3.8) is 0 Å². The van der Waals surface area contributed by atoms with Crippen LogP contribution >= 0.6 is 0 Å². The van der Waals surface area contributed by atoms with E-state index in [2.05, 4.69) is 78.9 Å². The van der Waals surface area contributed by atoms with Crippen LogP contribution in [-0.2, 0) is 0 Å². The van der Waals surface area contributed by atoms with Gasteiger partial charge in [-0.1, -0.05) is 115 Å². The van der Waals surface area contributed by atoms with Gasteiger partial charge in [0.25, 0.3) is 0 Å². The first-order valence-corrected chi connectivity index (χ1v) is 17.6. The summed E-state index contributed by atoms with van der Waals surface area (Å²) in [5.74, 6) is 1.68. The summed E-state index contributed by atoms with van der Waals surface area (Å²) in [6.07, 6.45) is 0. The van der Waals surface area contributed by atoms with E-state index in [1.165, 1.54) is 0 Å². The maximum absolute atomic E-state index is 6.55. The van der Waals surface area contributed by atoms with Gasteiger partial charge in [-0.15, -0.1) is 0 Å². The van der Waals surface area contributed by atoms with Crippen molar-refractivity contribution in [3.05, 3.63) is 152 Å². The molecule has 0 spiro atoms. The van der Waals surface area contributed by atoms with Crippen LogP contribution in [-0.4, -0.2) is 15.0 Å². The van der Waals surface area contributed by atoms with Gasteiger partial charge >= 0.3 is 0 Å². The Bertz CT molecular complexity index is 3350. The molecule has 0 unspecified atom stereocenters. The molecule has 0 radical (unpaired) electrons. The molecule has 0 saturated heterocycles. The highest BCUT2D eigenvalue weighted by molar-refractivity contribution is 6.30. The minimum Gasteiger partial charge on any atom is -0.456 e. The molecule has 6 heteroatoms. The largest absolute Gasteiger partial charge is 0.456 e. The monoisotopic (exact) mass is 679 g/mol. The number of furan rings is 3. The lowest BCUT2D eigenvalue weighted by atomic mass is 9.95. The molecule has 0 aliphatic carbocycles. The van der Waals surface area contributed by atoms with Crippen LogP contribution < -0.4 is 0 Å². The Morgan fingerprint density at radius 3 is 1.36 bits per heavy atom. The first kappa shape index (κ1) is 28.4. The number of benzene rings is 8. The third-order valence-corrected chi connectivity index (χ3v) is 10.5. The van der Waals surface area contributed by atoms with Gasteiger partial charge in [-0.2, -0.15) is 0 Å². The Hall–Kier alpha value is -7.31. The van der Waals surface area contributed by atoms with Crippen molar-refractivity contribution in [2.45, 2.75) is 0 Å². The molecule has 0 bridgehead atoms. The number of hydrogen-bond acceptors (Lipinski definition) is 6. The molecule has 0 atom stereocenters. The molecule has 12 aromatic rings. The van der Waals surface area contributed by atoms with E-state index in [0.29, 0.717) is 17.5 Å². The molecule has 6 nitrogen and oxygen atoms in total. The lowest BCUT2D eigenvalue weighted by Gasteiger charge is -2.12. The summed E-state index contributed by atoms with van der Waals surface area (Å²) in [5.41, 5.74) is 7.54. The highest BCUT2D eigenvalue weighted by atomic mass is 16.3. The van der Waals surface area contributed by atoms with Crippen molar-refractivity contribution >= 4 is 87.4 Å². The van der Waals surface area contributed by atoms with Crippen LogP contribution in [0.2, 0.25) is 0 Å². The summed E-state index contributed by atoms with van der Waals surface area (Å²) < 4.78 is 19.1. The minimum absolute atomic E-state index is 0.560. The minimum atomic E-state index is 0.560. The van der Waals surface area contributed by atoms with Crippen molar-refractivity contribution in [2.24, 2.45) is 0 Å². The highest BCUT2D eigenvalue weighted by Gasteiger charge is 2.22. The Labute approximate surface area is 300 Å². The molecule has 53 heavy (non-hydrogen) atoms. The van der Waals surface area contributed by atoms with E-state index in [0.717, 1.165) is 104 Å². The predicted octanol–water partition coefficient (Wildman–Crippen LogP) is 12.9. The van der Waals surface area contributed by atoms with Crippen molar-refractivity contribution in [1.82, 2.24) is 15.0 Å². The van der Waals surface area contributed by atoms with Gasteiger partial charge in [-0.05, 0) is 52.6 Å². The Morgan fingerprint density at radius 1 is 0.302 bits per heavy atom. The Morgan fingerprint density at radius 2 is 0.755 bits per heavy atom. The maximum atomic E-state index is 6.55. The van der Waals surface area contributed by atoms with Gasteiger partial charge < -0.3 is 13.3 Å². The fourth-order valence-electron chi connectivity index (χ4n) is 8.21. The summed E-state index contributed by atoms with van der Waals surface area (Å²) in [5, 5.41) is 10.5. The quantitative estimate of drug-likeness (QED) is 0.173. The normalized spacial score (nSPS) is 12.2. The molecular formula is C47H25N3O3. The van der Waals surface area contributed by atoms with E-state index in [9.17, 15) is 0 Å². The van der Waals surface area contributed by atoms with Crippen LogP contribution in [0.1, 0.15) is 0 Å². The standard InChI is InChI=1S/C47H25N3O3/c1-2-12-29-27(11-1)28-24-23-26(25-35(28)43-32-15-5-8-20-38(32)53-44(29)43)45-48-46(33-16-9-21-39-41(33)30-13-3-6-18-36(30)51-39)50-47(49-45)34-17-10-22-40-42(34)31-14-4-7-19-37(31)52-40/h1-25H. The smallest absolute Gasteiger partial charge is 0.164 e. The molecule has 0 fully saturated rings. The molecule has 0 aliphatic heterocycles. The third kappa shape index (κ3) is 4.06. The van der Waals surface area contributed by atoms with Crippen molar-refractivity contribution < 1.29 is 13.3 Å². The van der Waals surface area contributed by atoms with E-state index in [1.807, 2.05) is 72.8 Å². The average Bonchev–Trinajstić information content (AvgIpc) is 3.92. The first-order valence-electron chi connectivity index (χ1n) is 17.6. The molecule has 0 N–H and O–H groups in total. The highest BCUT2D eigenvalue weighted by Crippen LogP contribution is 2.43. The first-order chi connectivity index (χ1) is 26.3. The Kier molecular flexibility index (Phi) is 5.68. The van der Waals surface area contributed by atoms with Crippen LogP contribution in [0.5, 0.6) is 0 Å². The summed E-state index contributed by atoms with van der Waals surface area (Å²) >= 11 is 0. The van der Waals surface area contributed by atoms with Crippen molar-refractivity contribution in [1.29, 1.82) is 0 Å². The summed E-state index contributed by atoms with van der Waals surface area (Å²) in [4.78, 5) is 15.7. The van der Waals surface area contributed by atoms with Crippen LogP contribution in [0.3, 0.4) is 0 Å². The van der Waals surface area contributed by atoms with Gasteiger partial charge in [0, 0.05) is 54.4 Å². The SMILES string of the molecule is c1ccc2c(c1)oc1cccc(-c3nc(-c4ccc5c6ccccc6c6oc7ccccc7c6c5c4)nc(-c4cccc5oc6ccccc6c45)n3)c12. The molecule has 8 aromatic carbocycles. The predicted molar refractivity (Wildman–Crippen MR) is 213 cm³/mol. The van der Waals surface area contributed by atoms with E-state index in [4.69, 9.17) is 28.2 Å². The Balaban J connectivity index is 1.18. The summed E-state index contributed by atoms with van der Waals surface area (Å²) in [6, 6.07) is 51.5. The molecule has 4 heterocycles. The number of para-hydroxylation sites is 3. The van der Waals surface area contributed by atoms with Crippen molar-refractivity contribution in [2.75, 3.05) is 0 Å². The van der Waals surface area contributed by atoms with E-state index >= 15 is 0 Å². The number of aromatic nitrogens is 3. The second kappa shape index (κ2) is 10.6. The second-order valence-electron chi connectivity index (χ2n) is 13.5. The van der Waals surface area contributed by atoms with Gasteiger partial charge in [0.15, 0.2) is 17.5 Å². The zero-order valence-corrected chi connectivity index (χ0v) is 28.0. The fourth-order valence-corrected chi connectivity index (χ4v) is 8.21. The van der Waals surface area contributed by atoms with Crippen LogP contribution in [0.4, 0.5) is 0 Å². The van der Waals surface area contributed by atoms with Crippen molar-refractivity contribution in [3.8, 4) is 34.2 Å². The van der Waals surface area contributed by atoms with E-state index in [-0.39, 0.29) is 0 Å². The fraction of sp³-hybridized carbons (Fsp3) is 0. The molecule has 246 valence electrons. The number of fused-ring (bicyclic) bond motifs is 14. The van der Waals surface area contributed by atoms with E-state index in [1.54, 1.807) is 0 Å². The van der Waals surface area contributed by atoms with Gasteiger partial charge in [0.2, 0.25) is 0 Å². The molecule has 12 rings (SSSR count). The molecule has 0 amide bonds. The lowest BCUT2D eigenvalue weighted by molar-refractivity contribution is 0.668. The number of rotatable bonds is 3. The maximum Gasteiger partial charge on any atom is 0.164 e. The molecular weight excluding hydrogens is 655 g/mol. The van der Waals surface area contributed by atoms with E-state index < -0.39 is 0 Å². The molecule has 0 saturated carbocycles. The topological polar surface area (TPSA) is 78.1 Å². The van der Waals surface area contributed by atoms with Crippen LogP contribution in [0.15, 0.2) is 165 Å². The number of hydrogen-bond donors (Lipinski definition) is 0. The second-order valence-corrected chi connectivity index (χ2v) is 13.5. The van der Waals surface area contributed by atoms with Gasteiger partial charge in [0.05, 0.1) is 0 Å².